The highest BCUT2D eigenvalue weighted by Crippen LogP contribution is 2.66. The van der Waals surface area contributed by atoms with Crippen molar-refractivity contribution in [2.45, 2.75) is 0 Å². The van der Waals surface area contributed by atoms with Crippen LogP contribution in [0.4, 0.5) is 68.5 Å². The Morgan fingerprint density at radius 3 is 0.896 bits per heavy atom. The molecule has 0 atom stereocenters. The summed E-state index contributed by atoms with van der Waals surface area (Å²) in [5.74, 6) is 6.78. The average molecular weight is 1010 g/mol. The van der Waals surface area contributed by atoms with Crippen LogP contribution in [0.2, 0.25) is 0 Å². The molecule has 12 aromatic rings. The van der Waals surface area contributed by atoms with Crippen molar-refractivity contribution in [2.24, 2.45) is 0 Å². The summed E-state index contributed by atoms with van der Waals surface area (Å²) in [6.45, 7) is 0. The summed E-state index contributed by atoms with van der Waals surface area (Å²) in [7, 11) is 0. The molecule has 0 N–H and O–H groups in total. The van der Waals surface area contributed by atoms with Crippen molar-refractivity contribution in [1.29, 1.82) is 0 Å². The lowest BCUT2D eigenvalue weighted by molar-refractivity contribution is 0.475. The van der Waals surface area contributed by atoms with E-state index in [9.17, 15) is 0 Å². The van der Waals surface area contributed by atoms with Crippen molar-refractivity contribution < 1.29 is 18.9 Å². The van der Waals surface area contributed by atoms with Crippen molar-refractivity contribution in [3.05, 3.63) is 243 Å². The molecular formula is C66H40N6O4S. The van der Waals surface area contributed by atoms with E-state index in [0.717, 1.165) is 88.8 Å². The average Bonchev–Trinajstić information content (AvgIpc) is 3.96. The normalized spacial score (nSPS) is 13.2. The fraction of sp³-hybridized carbons (Fsp3) is 0. The van der Waals surface area contributed by atoms with Crippen molar-refractivity contribution in [3.63, 3.8) is 0 Å². The Balaban J connectivity index is 1.13. The van der Waals surface area contributed by atoms with Gasteiger partial charge in [-0.15, -0.1) is 11.3 Å². The molecule has 0 unspecified atom stereocenters. The fourth-order valence-electron chi connectivity index (χ4n) is 11.1. The molecule has 4 aliphatic heterocycles. The van der Waals surface area contributed by atoms with Gasteiger partial charge in [-0.05, 0) is 115 Å². The molecule has 10 aromatic carbocycles. The molecule has 77 heavy (non-hydrogen) atoms. The molecule has 0 bridgehead atoms. The molecule has 0 saturated carbocycles. The summed E-state index contributed by atoms with van der Waals surface area (Å²) >= 11 is 1.69. The number of aromatic nitrogens is 2. The lowest BCUT2D eigenvalue weighted by atomic mass is 9.95. The molecule has 0 radical (unpaired) electrons. The first-order valence-corrected chi connectivity index (χ1v) is 26.2. The number of para-hydroxylation sites is 17. The minimum absolute atomic E-state index is 0.625. The number of benzene rings is 10. The summed E-state index contributed by atoms with van der Waals surface area (Å²) in [6, 6.07) is 82.8. The lowest BCUT2D eigenvalue weighted by Gasteiger charge is -2.43. The predicted octanol–water partition coefficient (Wildman–Crippen LogP) is 19.3. The van der Waals surface area contributed by atoms with E-state index in [0.29, 0.717) is 57.6 Å². The highest BCUT2D eigenvalue weighted by molar-refractivity contribution is 7.21. The standard InChI is InChI=1S/C66H40N6O4S/c1-18-36-60-43(19-1)67-66(77-60)42-39-37-41(38-40-42)61-62(69-44-20-2-10-28-52(44)73-53-29-11-3-21-45(53)69)64(71-48-24-6-14-32-56(48)75-57-33-15-7-25-49(57)71)68-65(72-50-26-8-16-34-58(50)76-59-35-17-9-27-51(59)72)63(61)70-46-22-4-12-30-54(46)74-55-31-13-5-23-47(55)70/h1-40H. The Bertz CT molecular complexity index is 3940. The van der Waals surface area contributed by atoms with E-state index in [4.69, 9.17) is 28.9 Å². The van der Waals surface area contributed by atoms with Crippen LogP contribution in [-0.2, 0) is 0 Å². The minimum atomic E-state index is 0.625. The third-order valence-corrected chi connectivity index (χ3v) is 15.5. The van der Waals surface area contributed by atoms with Gasteiger partial charge in [0.1, 0.15) is 16.4 Å². The molecule has 16 rings (SSSR count). The van der Waals surface area contributed by atoms with Crippen LogP contribution in [0.25, 0.3) is 31.9 Å². The highest BCUT2D eigenvalue weighted by atomic mass is 32.1. The molecule has 11 heteroatoms. The second-order valence-corrected chi connectivity index (χ2v) is 19.9. The van der Waals surface area contributed by atoms with Gasteiger partial charge in [-0.2, -0.15) is 0 Å². The summed E-state index contributed by atoms with van der Waals surface area (Å²) in [5.41, 5.74) is 11.9. The van der Waals surface area contributed by atoms with Gasteiger partial charge in [-0.25, -0.2) is 9.97 Å². The lowest BCUT2D eigenvalue weighted by Crippen LogP contribution is -2.27. The molecule has 0 spiro atoms. The van der Waals surface area contributed by atoms with Gasteiger partial charge in [0.05, 0.1) is 55.7 Å². The second kappa shape index (κ2) is 17.1. The molecule has 0 amide bonds. The smallest absolute Gasteiger partial charge is 0.165 e. The maximum atomic E-state index is 6.85. The number of fused-ring (bicyclic) bond motifs is 9. The molecule has 2 aromatic heterocycles. The second-order valence-electron chi connectivity index (χ2n) is 18.9. The SMILES string of the molecule is c1ccc2c(c1)Oc1ccccc1N2c1nc(N2c3ccccc3Oc3ccccc32)c(N2c3ccccc3Oc3ccccc32)c(-c2ccc(-c3nc4ccccc4s3)cc2)c1N1c2ccccc2Oc2ccccc21. The topological polar surface area (TPSA) is 75.7 Å². The Morgan fingerprint density at radius 1 is 0.273 bits per heavy atom. The van der Waals surface area contributed by atoms with Gasteiger partial charge >= 0.3 is 0 Å². The molecular weight excluding hydrogens is 973 g/mol. The summed E-state index contributed by atoms with van der Waals surface area (Å²) in [6.07, 6.45) is 0. The van der Waals surface area contributed by atoms with E-state index in [1.165, 1.54) is 0 Å². The Morgan fingerprint density at radius 2 is 0.558 bits per heavy atom. The van der Waals surface area contributed by atoms with E-state index in [1.54, 1.807) is 11.3 Å². The van der Waals surface area contributed by atoms with E-state index < -0.39 is 0 Å². The van der Waals surface area contributed by atoms with Gasteiger partial charge in [-0.1, -0.05) is 133 Å². The van der Waals surface area contributed by atoms with E-state index in [1.807, 2.05) is 103 Å². The first-order valence-electron chi connectivity index (χ1n) is 25.4. The van der Waals surface area contributed by atoms with Crippen LogP contribution in [0.15, 0.2) is 243 Å². The maximum absolute atomic E-state index is 6.85. The fourth-order valence-corrected chi connectivity index (χ4v) is 12.1. The van der Waals surface area contributed by atoms with Gasteiger partial charge in [0, 0.05) is 11.1 Å². The zero-order chi connectivity index (χ0) is 50.6. The van der Waals surface area contributed by atoms with Crippen LogP contribution >= 0.6 is 11.3 Å². The van der Waals surface area contributed by atoms with Gasteiger partial charge in [0.25, 0.3) is 0 Å². The van der Waals surface area contributed by atoms with Gasteiger partial charge in [0.15, 0.2) is 57.6 Å². The van der Waals surface area contributed by atoms with E-state index in [2.05, 4.69) is 159 Å². The van der Waals surface area contributed by atoms with Gasteiger partial charge in [-0.3, -0.25) is 19.6 Å². The Hall–Kier alpha value is -10.4. The van der Waals surface area contributed by atoms with Gasteiger partial charge < -0.3 is 18.9 Å². The monoisotopic (exact) mass is 1010 g/mol. The Kier molecular flexibility index (Phi) is 9.57. The van der Waals surface area contributed by atoms with Gasteiger partial charge in [0.2, 0.25) is 0 Å². The van der Waals surface area contributed by atoms with Crippen LogP contribution < -0.4 is 38.5 Å². The van der Waals surface area contributed by atoms with Crippen LogP contribution in [0.5, 0.6) is 46.0 Å². The molecule has 0 fully saturated rings. The molecule has 6 heterocycles. The number of pyridine rings is 1. The number of thiazole rings is 1. The molecule has 4 aliphatic rings. The van der Waals surface area contributed by atoms with Crippen LogP contribution in [-0.4, -0.2) is 9.97 Å². The quantitative estimate of drug-likeness (QED) is 0.161. The van der Waals surface area contributed by atoms with Crippen LogP contribution in [0.1, 0.15) is 0 Å². The Labute approximate surface area is 446 Å². The maximum Gasteiger partial charge on any atom is 0.165 e. The minimum Gasteiger partial charge on any atom is -0.453 e. The largest absolute Gasteiger partial charge is 0.453 e. The first-order chi connectivity index (χ1) is 38.2. The van der Waals surface area contributed by atoms with Crippen molar-refractivity contribution >= 4 is 90.1 Å². The summed E-state index contributed by atoms with van der Waals surface area (Å²) < 4.78 is 28.4. The number of hydrogen-bond donors (Lipinski definition) is 0. The van der Waals surface area contributed by atoms with E-state index >= 15 is 0 Å². The third-order valence-electron chi connectivity index (χ3n) is 14.4. The van der Waals surface area contributed by atoms with Crippen LogP contribution in [0, 0.1) is 0 Å². The van der Waals surface area contributed by atoms with Crippen molar-refractivity contribution in [2.75, 3.05) is 19.6 Å². The number of nitrogens with zero attached hydrogens (tertiary/aromatic N) is 6. The highest BCUT2D eigenvalue weighted by Gasteiger charge is 2.43. The summed E-state index contributed by atoms with van der Waals surface area (Å²) in [5, 5.41) is 0.935. The third kappa shape index (κ3) is 6.74. The zero-order valence-corrected chi connectivity index (χ0v) is 41.6. The van der Waals surface area contributed by atoms with Crippen molar-refractivity contribution in [3.8, 4) is 67.7 Å². The molecule has 10 nitrogen and oxygen atoms in total. The predicted molar refractivity (Wildman–Crippen MR) is 307 cm³/mol. The number of anilines is 12. The van der Waals surface area contributed by atoms with Crippen LogP contribution in [0.3, 0.4) is 0 Å². The first kappa shape index (κ1) is 43.1. The number of ether oxygens (including phenoxy) is 4. The number of rotatable bonds is 6. The summed E-state index contributed by atoms with van der Waals surface area (Å²) in [4.78, 5) is 20.6. The molecule has 364 valence electrons. The zero-order valence-electron chi connectivity index (χ0n) is 40.8. The van der Waals surface area contributed by atoms with E-state index in [-0.39, 0.29) is 0 Å². The molecule has 0 saturated heterocycles. The molecule has 0 aliphatic carbocycles. The van der Waals surface area contributed by atoms with Crippen molar-refractivity contribution in [1.82, 2.24) is 9.97 Å². The number of hydrogen-bond acceptors (Lipinski definition) is 11.